The molecular formula is C17H17FN2O2S. The molecule has 0 saturated carbocycles. The van der Waals surface area contributed by atoms with Crippen LogP contribution in [0.25, 0.3) is 0 Å². The predicted octanol–water partition coefficient (Wildman–Crippen LogP) is 2.76. The Morgan fingerprint density at radius 2 is 2.00 bits per heavy atom. The molecule has 120 valence electrons. The van der Waals surface area contributed by atoms with Crippen LogP contribution in [0.1, 0.15) is 22.3 Å². The maximum Gasteiger partial charge on any atom is 0.254 e. The minimum atomic E-state index is -0.309. The van der Waals surface area contributed by atoms with Gasteiger partial charge in [0.25, 0.3) is 5.91 Å². The molecule has 0 spiro atoms. The molecule has 0 N–H and O–H groups in total. The maximum atomic E-state index is 13.8. The van der Waals surface area contributed by atoms with Crippen LogP contribution in [0.5, 0.6) is 0 Å². The molecule has 1 aromatic carbocycles. The van der Waals surface area contributed by atoms with Crippen molar-refractivity contribution in [2.45, 2.75) is 13.0 Å². The van der Waals surface area contributed by atoms with E-state index in [1.54, 1.807) is 34.1 Å². The van der Waals surface area contributed by atoms with Crippen LogP contribution >= 0.6 is 11.3 Å². The molecule has 2 aromatic rings. The molecule has 2 heterocycles. The van der Waals surface area contributed by atoms with Crippen molar-refractivity contribution in [1.29, 1.82) is 0 Å². The molecular weight excluding hydrogens is 315 g/mol. The van der Waals surface area contributed by atoms with E-state index in [9.17, 15) is 14.0 Å². The van der Waals surface area contributed by atoms with E-state index in [0.717, 1.165) is 0 Å². The van der Waals surface area contributed by atoms with Crippen molar-refractivity contribution < 1.29 is 14.0 Å². The molecule has 0 aliphatic carbocycles. The topological polar surface area (TPSA) is 40.6 Å². The summed E-state index contributed by atoms with van der Waals surface area (Å²) in [4.78, 5) is 28.0. The first-order chi connectivity index (χ1) is 11.1. The lowest BCUT2D eigenvalue weighted by atomic mass is 10.2. The first kappa shape index (κ1) is 15.7. The van der Waals surface area contributed by atoms with Crippen LogP contribution in [0.3, 0.4) is 0 Å². The Labute approximate surface area is 138 Å². The van der Waals surface area contributed by atoms with E-state index in [1.807, 2.05) is 10.8 Å². The van der Waals surface area contributed by atoms with Gasteiger partial charge in [0.05, 0.1) is 5.56 Å². The van der Waals surface area contributed by atoms with Crippen LogP contribution in [-0.4, -0.2) is 41.2 Å². The zero-order valence-corrected chi connectivity index (χ0v) is 13.4. The molecule has 1 aliphatic heterocycles. The van der Waals surface area contributed by atoms with E-state index >= 15 is 0 Å². The van der Waals surface area contributed by atoms with Crippen LogP contribution in [-0.2, 0) is 11.3 Å². The summed E-state index contributed by atoms with van der Waals surface area (Å²) < 4.78 is 13.8. The Bertz CT molecular complexity index is 702. The molecule has 2 amide bonds. The number of nitrogens with zero attached hydrogens (tertiary/aromatic N) is 2. The molecule has 1 aliphatic rings. The van der Waals surface area contributed by atoms with Gasteiger partial charge in [-0.25, -0.2) is 4.39 Å². The van der Waals surface area contributed by atoms with Gasteiger partial charge >= 0.3 is 0 Å². The fourth-order valence-corrected chi connectivity index (χ4v) is 3.27. The number of halogens is 1. The summed E-state index contributed by atoms with van der Waals surface area (Å²) in [5.74, 6) is -0.406. The van der Waals surface area contributed by atoms with Gasteiger partial charge in [-0.15, -0.1) is 0 Å². The van der Waals surface area contributed by atoms with Gasteiger partial charge < -0.3 is 9.80 Å². The van der Waals surface area contributed by atoms with Crippen LogP contribution in [0.4, 0.5) is 4.39 Å². The summed E-state index contributed by atoms with van der Waals surface area (Å²) in [5, 5.41) is 3.67. The highest BCUT2D eigenvalue weighted by molar-refractivity contribution is 7.08. The van der Waals surface area contributed by atoms with E-state index in [2.05, 4.69) is 0 Å². The van der Waals surface area contributed by atoms with E-state index < -0.39 is 0 Å². The zero-order valence-electron chi connectivity index (χ0n) is 12.6. The fourth-order valence-electron chi connectivity index (χ4n) is 2.64. The van der Waals surface area contributed by atoms with Crippen molar-refractivity contribution in [3.05, 3.63) is 58.0 Å². The molecule has 4 nitrogen and oxygen atoms in total. The first-order valence-corrected chi connectivity index (χ1v) is 8.42. The third-order valence-electron chi connectivity index (χ3n) is 3.96. The standard InChI is InChI=1S/C17H17FN2O2S/c18-15-4-2-1-3-13(15)11-20-9-8-19(7-5-16(20)21)17(22)14-6-10-23-12-14/h1-4,6,10,12H,5,7-9,11H2. The highest BCUT2D eigenvalue weighted by Crippen LogP contribution is 2.15. The molecule has 1 aromatic heterocycles. The van der Waals surface area contributed by atoms with E-state index in [1.165, 1.54) is 17.4 Å². The van der Waals surface area contributed by atoms with E-state index in [-0.39, 0.29) is 30.6 Å². The van der Waals surface area contributed by atoms with Crippen LogP contribution < -0.4 is 0 Å². The van der Waals surface area contributed by atoms with Gasteiger partial charge in [-0.3, -0.25) is 9.59 Å². The van der Waals surface area contributed by atoms with Gasteiger partial charge in [0.2, 0.25) is 5.91 Å². The van der Waals surface area contributed by atoms with Gasteiger partial charge in [0.15, 0.2) is 0 Å². The zero-order chi connectivity index (χ0) is 16.2. The fraction of sp³-hybridized carbons (Fsp3) is 0.294. The molecule has 0 atom stereocenters. The third-order valence-corrected chi connectivity index (χ3v) is 4.65. The summed E-state index contributed by atoms with van der Waals surface area (Å²) in [7, 11) is 0. The Morgan fingerprint density at radius 3 is 2.74 bits per heavy atom. The molecule has 23 heavy (non-hydrogen) atoms. The number of carbonyl (C=O) groups is 2. The second kappa shape index (κ2) is 6.91. The molecule has 1 fully saturated rings. The number of hydrogen-bond acceptors (Lipinski definition) is 3. The van der Waals surface area contributed by atoms with Crippen molar-refractivity contribution >= 4 is 23.2 Å². The number of thiophene rings is 1. The SMILES string of the molecule is O=C1CCN(C(=O)c2ccsc2)CCN1Cc1ccccc1F. The van der Waals surface area contributed by atoms with E-state index in [0.29, 0.717) is 30.8 Å². The van der Waals surface area contributed by atoms with Gasteiger partial charge in [-0.2, -0.15) is 11.3 Å². The van der Waals surface area contributed by atoms with Crippen LogP contribution in [0, 0.1) is 5.82 Å². The second-order valence-corrected chi connectivity index (χ2v) is 6.24. The van der Waals surface area contributed by atoms with Crippen molar-refractivity contribution in [2.75, 3.05) is 19.6 Å². The number of carbonyl (C=O) groups excluding carboxylic acids is 2. The highest BCUT2D eigenvalue weighted by Gasteiger charge is 2.25. The van der Waals surface area contributed by atoms with Crippen LogP contribution in [0.2, 0.25) is 0 Å². The summed E-state index contributed by atoms with van der Waals surface area (Å²) in [6.45, 7) is 1.53. The summed E-state index contributed by atoms with van der Waals surface area (Å²) >= 11 is 1.48. The van der Waals surface area contributed by atoms with Crippen LogP contribution in [0.15, 0.2) is 41.1 Å². The van der Waals surface area contributed by atoms with Gasteiger partial charge in [-0.05, 0) is 17.5 Å². The molecule has 6 heteroatoms. The minimum Gasteiger partial charge on any atom is -0.336 e. The lowest BCUT2D eigenvalue weighted by Crippen LogP contribution is -2.35. The Kier molecular flexibility index (Phi) is 4.71. The summed E-state index contributed by atoms with van der Waals surface area (Å²) in [5.41, 5.74) is 1.16. The Hall–Kier alpha value is -2.21. The van der Waals surface area contributed by atoms with Crippen molar-refractivity contribution in [2.24, 2.45) is 0 Å². The summed E-state index contributed by atoms with van der Waals surface area (Å²) in [6, 6.07) is 8.25. The largest absolute Gasteiger partial charge is 0.336 e. The minimum absolute atomic E-state index is 0.0473. The maximum absolute atomic E-state index is 13.8. The van der Waals surface area contributed by atoms with Crippen molar-refractivity contribution in [1.82, 2.24) is 9.80 Å². The molecule has 3 rings (SSSR count). The molecule has 0 bridgehead atoms. The quantitative estimate of drug-likeness (QED) is 0.867. The second-order valence-electron chi connectivity index (χ2n) is 5.46. The summed E-state index contributed by atoms with van der Waals surface area (Å²) in [6.07, 6.45) is 0.268. The van der Waals surface area contributed by atoms with Crippen molar-refractivity contribution in [3.8, 4) is 0 Å². The lowest BCUT2D eigenvalue weighted by Gasteiger charge is -2.22. The Balaban J connectivity index is 1.68. The number of amides is 2. The van der Waals surface area contributed by atoms with E-state index in [4.69, 9.17) is 0 Å². The Morgan fingerprint density at radius 1 is 1.17 bits per heavy atom. The average Bonchev–Trinajstić information content (AvgIpc) is 3.03. The average molecular weight is 332 g/mol. The first-order valence-electron chi connectivity index (χ1n) is 7.48. The van der Waals surface area contributed by atoms with Gasteiger partial charge in [0.1, 0.15) is 5.82 Å². The number of benzene rings is 1. The highest BCUT2D eigenvalue weighted by atomic mass is 32.1. The van der Waals surface area contributed by atoms with Gasteiger partial charge in [-0.1, -0.05) is 18.2 Å². The normalized spacial score (nSPS) is 15.6. The third kappa shape index (κ3) is 3.59. The lowest BCUT2D eigenvalue weighted by molar-refractivity contribution is -0.130. The monoisotopic (exact) mass is 332 g/mol. The molecule has 0 unspecified atom stereocenters. The van der Waals surface area contributed by atoms with Crippen molar-refractivity contribution in [3.63, 3.8) is 0 Å². The smallest absolute Gasteiger partial charge is 0.254 e. The number of hydrogen-bond donors (Lipinski definition) is 0. The molecule has 0 radical (unpaired) electrons. The molecule has 1 saturated heterocycles. The number of rotatable bonds is 3. The van der Waals surface area contributed by atoms with Gasteiger partial charge in [0, 0.05) is 43.5 Å². The predicted molar refractivity (Wildman–Crippen MR) is 86.7 cm³/mol.